The molecule has 0 aliphatic rings. The first-order valence-corrected chi connectivity index (χ1v) is 10.6. The van der Waals surface area contributed by atoms with Crippen LogP contribution in [0.5, 0.6) is 5.75 Å². The molecule has 1 N–H and O–H groups in total. The number of aryl methyl sites for hydroxylation is 1. The van der Waals surface area contributed by atoms with Gasteiger partial charge in [-0.25, -0.2) is 13.1 Å². The van der Waals surface area contributed by atoms with E-state index in [-0.39, 0.29) is 16.5 Å². The van der Waals surface area contributed by atoms with Crippen LogP contribution in [0, 0.1) is 6.92 Å². The number of carbonyl (C=O) groups is 1. The lowest BCUT2D eigenvalue weighted by Gasteiger charge is -2.09. The van der Waals surface area contributed by atoms with Gasteiger partial charge in [0.05, 0.1) is 12.0 Å². The summed E-state index contributed by atoms with van der Waals surface area (Å²) in [5.41, 5.74) is 1.16. The van der Waals surface area contributed by atoms with Crippen LogP contribution in [0.15, 0.2) is 75.4 Å². The molecular formula is C21H21N3O5S. The smallest absolute Gasteiger partial charge is 0.267 e. The van der Waals surface area contributed by atoms with Gasteiger partial charge in [0, 0.05) is 12.6 Å². The van der Waals surface area contributed by atoms with Crippen LogP contribution < -0.4 is 15.6 Å². The number of benzene rings is 2. The fourth-order valence-electron chi connectivity index (χ4n) is 2.70. The first-order valence-electron chi connectivity index (χ1n) is 9.09. The van der Waals surface area contributed by atoms with Crippen molar-refractivity contribution in [3.05, 3.63) is 82.1 Å². The van der Waals surface area contributed by atoms with Crippen LogP contribution in [-0.4, -0.2) is 31.2 Å². The molecule has 0 aliphatic carbocycles. The van der Waals surface area contributed by atoms with Gasteiger partial charge in [-0.15, -0.1) is 0 Å². The van der Waals surface area contributed by atoms with Crippen molar-refractivity contribution in [2.75, 3.05) is 7.11 Å². The molecular weight excluding hydrogens is 406 g/mol. The number of amides is 1. The Hall–Kier alpha value is -3.46. The Morgan fingerprint density at radius 1 is 1.10 bits per heavy atom. The number of carbonyl (C=O) groups excluding carboxylic acids is 1. The molecule has 0 bridgehead atoms. The Balaban J connectivity index is 1.75. The molecule has 3 aromatic rings. The second-order valence-corrected chi connectivity index (χ2v) is 8.51. The Morgan fingerprint density at radius 3 is 2.53 bits per heavy atom. The lowest BCUT2D eigenvalue weighted by Crippen LogP contribution is -2.33. The van der Waals surface area contributed by atoms with Gasteiger partial charge in [0.15, 0.2) is 5.03 Å². The lowest BCUT2D eigenvalue weighted by molar-refractivity contribution is -0.122. The topological polar surface area (TPSA) is 107 Å². The molecule has 0 fully saturated rings. The molecule has 3 rings (SSSR count). The molecule has 1 amide bonds. The minimum absolute atomic E-state index is 0.0632. The summed E-state index contributed by atoms with van der Waals surface area (Å²) in [4.78, 5) is 24.4. The normalized spacial score (nSPS) is 11.1. The van der Waals surface area contributed by atoms with Crippen molar-refractivity contribution in [3.63, 3.8) is 0 Å². The van der Waals surface area contributed by atoms with Gasteiger partial charge in [0.2, 0.25) is 15.7 Å². The minimum atomic E-state index is -3.91. The van der Waals surface area contributed by atoms with Crippen molar-refractivity contribution in [3.8, 4) is 5.75 Å². The largest absolute Gasteiger partial charge is 0.497 e. The van der Waals surface area contributed by atoms with Crippen molar-refractivity contribution in [1.82, 2.24) is 15.1 Å². The monoisotopic (exact) mass is 427 g/mol. The Kier molecular flexibility index (Phi) is 6.31. The third-order valence-corrected chi connectivity index (χ3v) is 6.03. The number of hydrogen-bond acceptors (Lipinski definition) is 6. The quantitative estimate of drug-likeness (QED) is 0.615. The van der Waals surface area contributed by atoms with Crippen LogP contribution in [0.4, 0.5) is 0 Å². The number of sulfone groups is 1. The van der Waals surface area contributed by atoms with Gasteiger partial charge in [-0.3, -0.25) is 9.59 Å². The van der Waals surface area contributed by atoms with E-state index >= 15 is 0 Å². The number of aromatic nitrogens is 2. The number of nitrogens with zero attached hydrogens (tertiary/aromatic N) is 2. The standard InChI is InChI=1S/C21H21N3O5S/c1-15-6-8-18(9-7-15)30(27,28)20-10-11-21(26)24(23-20)14-19(25)22-13-16-4-3-5-17(12-16)29-2/h3-12H,13-14H2,1-2H3,(H,22,25). The minimum Gasteiger partial charge on any atom is -0.497 e. The molecule has 0 saturated carbocycles. The highest BCUT2D eigenvalue weighted by atomic mass is 32.2. The fraction of sp³-hybridized carbons (Fsp3) is 0.190. The summed E-state index contributed by atoms with van der Waals surface area (Å²) in [5, 5.41) is 6.28. The van der Waals surface area contributed by atoms with Gasteiger partial charge in [-0.2, -0.15) is 5.10 Å². The van der Waals surface area contributed by atoms with Crippen molar-refractivity contribution < 1.29 is 17.9 Å². The van der Waals surface area contributed by atoms with Crippen LogP contribution in [0.2, 0.25) is 0 Å². The zero-order valence-electron chi connectivity index (χ0n) is 16.5. The molecule has 2 aromatic carbocycles. The molecule has 30 heavy (non-hydrogen) atoms. The first-order chi connectivity index (χ1) is 14.3. The van der Waals surface area contributed by atoms with Crippen LogP contribution in [0.25, 0.3) is 0 Å². The maximum atomic E-state index is 12.8. The Morgan fingerprint density at radius 2 is 1.83 bits per heavy atom. The van der Waals surface area contributed by atoms with E-state index in [1.807, 2.05) is 13.0 Å². The summed E-state index contributed by atoms with van der Waals surface area (Å²) >= 11 is 0. The number of methoxy groups -OCH3 is 1. The highest BCUT2D eigenvalue weighted by molar-refractivity contribution is 7.91. The fourth-order valence-corrected chi connectivity index (χ4v) is 3.89. The van der Waals surface area contributed by atoms with E-state index in [1.54, 1.807) is 37.4 Å². The SMILES string of the molecule is COc1cccc(CNC(=O)Cn2nc(S(=O)(=O)c3ccc(C)cc3)ccc2=O)c1. The Bertz CT molecular complexity index is 1220. The molecule has 8 nitrogen and oxygen atoms in total. The van der Waals surface area contributed by atoms with E-state index in [0.29, 0.717) is 5.75 Å². The highest BCUT2D eigenvalue weighted by Gasteiger charge is 2.21. The van der Waals surface area contributed by atoms with Gasteiger partial charge >= 0.3 is 0 Å². The third kappa shape index (κ3) is 4.93. The van der Waals surface area contributed by atoms with Gasteiger partial charge < -0.3 is 10.1 Å². The van der Waals surface area contributed by atoms with E-state index in [1.165, 1.54) is 12.1 Å². The average molecular weight is 427 g/mol. The molecule has 0 atom stereocenters. The third-order valence-electron chi connectivity index (χ3n) is 4.37. The highest BCUT2D eigenvalue weighted by Crippen LogP contribution is 2.18. The zero-order chi connectivity index (χ0) is 21.7. The summed E-state index contributed by atoms with van der Waals surface area (Å²) in [6, 6.07) is 15.7. The van der Waals surface area contributed by atoms with Gasteiger partial charge in [-0.1, -0.05) is 29.8 Å². The maximum absolute atomic E-state index is 12.8. The summed E-state index contributed by atoms with van der Waals surface area (Å²) in [7, 11) is -2.36. The van der Waals surface area contributed by atoms with E-state index in [0.717, 1.165) is 27.9 Å². The number of nitrogens with one attached hydrogen (secondary N) is 1. The molecule has 0 radical (unpaired) electrons. The lowest BCUT2D eigenvalue weighted by atomic mass is 10.2. The van der Waals surface area contributed by atoms with Crippen molar-refractivity contribution >= 4 is 15.7 Å². The number of rotatable bonds is 7. The number of hydrogen-bond donors (Lipinski definition) is 1. The van der Waals surface area contributed by atoms with Crippen LogP contribution in [-0.2, 0) is 27.7 Å². The summed E-state index contributed by atoms with van der Waals surface area (Å²) < 4.78 is 31.5. The average Bonchev–Trinajstić information content (AvgIpc) is 2.74. The molecule has 9 heteroatoms. The summed E-state index contributed by atoms with van der Waals surface area (Å²) in [6.45, 7) is 1.67. The van der Waals surface area contributed by atoms with Crippen molar-refractivity contribution in [1.29, 1.82) is 0 Å². The molecule has 0 saturated heterocycles. The molecule has 1 heterocycles. The predicted octanol–water partition coefficient (Wildman–Crippen LogP) is 1.71. The van der Waals surface area contributed by atoms with E-state index in [9.17, 15) is 18.0 Å². The molecule has 1 aromatic heterocycles. The zero-order valence-corrected chi connectivity index (χ0v) is 17.3. The van der Waals surface area contributed by atoms with Crippen LogP contribution in [0.1, 0.15) is 11.1 Å². The summed E-state index contributed by atoms with van der Waals surface area (Å²) in [6.07, 6.45) is 0. The second-order valence-electron chi connectivity index (χ2n) is 6.61. The second kappa shape index (κ2) is 8.91. The maximum Gasteiger partial charge on any atom is 0.267 e. The molecule has 156 valence electrons. The molecule has 0 aliphatic heterocycles. The van der Waals surface area contributed by atoms with Gasteiger partial charge in [0.25, 0.3) is 5.56 Å². The van der Waals surface area contributed by atoms with Crippen molar-refractivity contribution in [2.45, 2.75) is 29.9 Å². The van der Waals surface area contributed by atoms with Gasteiger partial charge in [-0.05, 0) is 42.8 Å². The van der Waals surface area contributed by atoms with E-state index < -0.39 is 27.8 Å². The van der Waals surface area contributed by atoms with Gasteiger partial charge in [0.1, 0.15) is 12.3 Å². The van der Waals surface area contributed by atoms with Crippen LogP contribution in [0.3, 0.4) is 0 Å². The Labute approximate surface area is 174 Å². The van der Waals surface area contributed by atoms with Crippen LogP contribution >= 0.6 is 0 Å². The molecule has 0 unspecified atom stereocenters. The van der Waals surface area contributed by atoms with E-state index in [2.05, 4.69) is 10.4 Å². The summed E-state index contributed by atoms with van der Waals surface area (Å²) in [5.74, 6) is 0.186. The first kappa shape index (κ1) is 21.3. The molecule has 0 spiro atoms. The predicted molar refractivity (Wildman–Crippen MR) is 110 cm³/mol. The van der Waals surface area contributed by atoms with E-state index in [4.69, 9.17) is 4.74 Å². The van der Waals surface area contributed by atoms with Crippen molar-refractivity contribution in [2.24, 2.45) is 0 Å². The number of ether oxygens (including phenoxy) is 1.